The van der Waals surface area contributed by atoms with Gasteiger partial charge in [0.2, 0.25) is 15.9 Å². The van der Waals surface area contributed by atoms with E-state index in [0.29, 0.717) is 25.9 Å². The van der Waals surface area contributed by atoms with Crippen molar-refractivity contribution in [1.82, 2.24) is 9.62 Å². The Morgan fingerprint density at radius 2 is 2.09 bits per heavy atom. The highest BCUT2D eigenvalue weighted by molar-refractivity contribution is 7.88. The highest BCUT2D eigenvalue weighted by Gasteiger charge is 2.34. The molecule has 1 N–H and O–H groups in total. The van der Waals surface area contributed by atoms with E-state index in [1.54, 1.807) is 7.11 Å². The molecule has 1 amide bonds. The maximum Gasteiger partial charge on any atom is 0.238 e. The number of carbonyl (C=O) groups excluding carboxylic acids is 1. The molecule has 0 aliphatic carbocycles. The molecule has 128 valence electrons. The predicted molar refractivity (Wildman–Crippen MR) is 88.9 cm³/mol. The van der Waals surface area contributed by atoms with Crippen LogP contribution < -0.4 is 10.1 Å². The fourth-order valence-electron chi connectivity index (χ4n) is 2.91. The molecule has 7 heteroatoms. The third-order valence-corrected chi connectivity index (χ3v) is 5.36. The van der Waals surface area contributed by atoms with Crippen LogP contribution >= 0.6 is 0 Å². The van der Waals surface area contributed by atoms with Crippen molar-refractivity contribution in [1.29, 1.82) is 0 Å². The SMILES string of the molecule is COc1ccccc1CCNC(=O)C1CCCCN1S(C)(=O)=O. The summed E-state index contributed by atoms with van der Waals surface area (Å²) in [6, 6.07) is 7.06. The second-order valence-corrected chi connectivity index (χ2v) is 7.67. The fourth-order valence-corrected chi connectivity index (χ4v) is 4.04. The molecule has 0 bridgehead atoms. The first-order valence-electron chi connectivity index (χ1n) is 7.80. The minimum absolute atomic E-state index is 0.218. The van der Waals surface area contributed by atoms with Gasteiger partial charge in [0.1, 0.15) is 11.8 Å². The monoisotopic (exact) mass is 340 g/mol. The van der Waals surface area contributed by atoms with Gasteiger partial charge in [-0.3, -0.25) is 4.79 Å². The molecule has 1 heterocycles. The maximum atomic E-state index is 12.4. The Balaban J connectivity index is 1.93. The Hall–Kier alpha value is -1.60. The molecule has 1 saturated heterocycles. The van der Waals surface area contributed by atoms with Gasteiger partial charge in [0, 0.05) is 13.1 Å². The topological polar surface area (TPSA) is 75.7 Å². The van der Waals surface area contributed by atoms with Crippen LogP contribution in [0.25, 0.3) is 0 Å². The zero-order chi connectivity index (χ0) is 16.9. The van der Waals surface area contributed by atoms with Crippen molar-refractivity contribution in [3.8, 4) is 5.75 Å². The highest BCUT2D eigenvalue weighted by atomic mass is 32.2. The van der Waals surface area contributed by atoms with Gasteiger partial charge in [-0.15, -0.1) is 0 Å². The van der Waals surface area contributed by atoms with E-state index in [1.807, 2.05) is 24.3 Å². The number of piperidine rings is 1. The number of methoxy groups -OCH3 is 1. The van der Waals surface area contributed by atoms with Crippen LogP contribution in [0.4, 0.5) is 0 Å². The van der Waals surface area contributed by atoms with Crippen molar-refractivity contribution < 1.29 is 17.9 Å². The number of amides is 1. The largest absolute Gasteiger partial charge is 0.496 e. The molecule has 1 aliphatic heterocycles. The molecular formula is C16H24N2O4S. The standard InChI is InChI=1S/C16H24N2O4S/c1-22-15-9-4-3-7-13(15)10-11-17-16(19)14-8-5-6-12-18(14)23(2,20)21/h3-4,7,9,14H,5-6,8,10-12H2,1-2H3,(H,17,19). The lowest BCUT2D eigenvalue weighted by molar-refractivity contribution is -0.125. The van der Waals surface area contributed by atoms with E-state index in [9.17, 15) is 13.2 Å². The van der Waals surface area contributed by atoms with Crippen LogP contribution in [0.5, 0.6) is 5.75 Å². The van der Waals surface area contributed by atoms with E-state index >= 15 is 0 Å². The van der Waals surface area contributed by atoms with Gasteiger partial charge in [-0.05, 0) is 30.9 Å². The summed E-state index contributed by atoms with van der Waals surface area (Å²) in [4.78, 5) is 12.4. The minimum Gasteiger partial charge on any atom is -0.496 e. The number of ether oxygens (including phenoxy) is 1. The number of carbonyl (C=O) groups is 1. The van der Waals surface area contributed by atoms with Gasteiger partial charge in [-0.2, -0.15) is 4.31 Å². The van der Waals surface area contributed by atoms with Crippen LogP contribution in [-0.2, 0) is 21.2 Å². The van der Waals surface area contributed by atoms with E-state index in [-0.39, 0.29) is 5.91 Å². The Bertz CT molecular complexity index is 645. The van der Waals surface area contributed by atoms with Crippen molar-refractivity contribution >= 4 is 15.9 Å². The van der Waals surface area contributed by atoms with Crippen LogP contribution in [0, 0.1) is 0 Å². The Labute approximate surface area is 137 Å². The molecule has 1 aliphatic rings. The smallest absolute Gasteiger partial charge is 0.238 e. The van der Waals surface area contributed by atoms with Crippen LogP contribution in [-0.4, -0.2) is 51.1 Å². The quantitative estimate of drug-likeness (QED) is 0.843. The number of sulfonamides is 1. The number of hydrogen-bond donors (Lipinski definition) is 1. The molecule has 1 aromatic rings. The lowest BCUT2D eigenvalue weighted by Crippen LogP contribution is -2.51. The summed E-state index contributed by atoms with van der Waals surface area (Å²) in [7, 11) is -1.74. The van der Waals surface area contributed by atoms with Crippen molar-refractivity contribution in [3.63, 3.8) is 0 Å². The van der Waals surface area contributed by atoms with Crippen molar-refractivity contribution in [3.05, 3.63) is 29.8 Å². The van der Waals surface area contributed by atoms with Gasteiger partial charge >= 0.3 is 0 Å². The van der Waals surface area contributed by atoms with Gasteiger partial charge in [0.15, 0.2) is 0 Å². The number of hydrogen-bond acceptors (Lipinski definition) is 4. The van der Waals surface area contributed by atoms with E-state index in [2.05, 4.69) is 5.32 Å². The molecule has 0 saturated carbocycles. The summed E-state index contributed by atoms with van der Waals surface area (Å²) in [5, 5.41) is 2.85. The first-order chi connectivity index (χ1) is 10.9. The maximum absolute atomic E-state index is 12.4. The molecule has 6 nitrogen and oxygen atoms in total. The molecule has 1 aromatic carbocycles. The zero-order valence-corrected chi connectivity index (χ0v) is 14.4. The number of para-hydroxylation sites is 1. The van der Waals surface area contributed by atoms with Crippen LogP contribution in [0.2, 0.25) is 0 Å². The van der Waals surface area contributed by atoms with E-state index < -0.39 is 16.1 Å². The Morgan fingerprint density at radius 1 is 1.35 bits per heavy atom. The number of nitrogens with zero attached hydrogens (tertiary/aromatic N) is 1. The molecular weight excluding hydrogens is 316 g/mol. The van der Waals surface area contributed by atoms with Crippen LogP contribution in [0.1, 0.15) is 24.8 Å². The van der Waals surface area contributed by atoms with Gasteiger partial charge < -0.3 is 10.1 Å². The number of rotatable bonds is 6. The third kappa shape index (κ3) is 4.68. The summed E-state index contributed by atoms with van der Waals surface area (Å²) < 4.78 is 30.2. The summed E-state index contributed by atoms with van der Waals surface area (Å²) in [6.45, 7) is 0.872. The average molecular weight is 340 g/mol. The second-order valence-electron chi connectivity index (χ2n) is 5.74. The third-order valence-electron chi connectivity index (χ3n) is 4.07. The molecule has 0 aromatic heterocycles. The van der Waals surface area contributed by atoms with Crippen molar-refractivity contribution in [2.24, 2.45) is 0 Å². The van der Waals surface area contributed by atoms with Gasteiger partial charge in [0.05, 0.1) is 13.4 Å². The lowest BCUT2D eigenvalue weighted by Gasteiger charge is -2.32. The summed E-state index contributed by atoms with van der Waals surface area (Å²) >= 11 is 0. The number of nitrogens with one attached hydrogen (secondary N) is 1. The molecule has 23 heavy (non-hydrogen) atoms. The van der Waals surface area contributed by atoms with Crippen LogP contribution in [0.3, 0.4) is 0 Å². The van der Waals surface area contributed by atoms with E-state index in [0.717, 1.165) is 30.4 Å². The van der Waals surface area contributed by atoms with Gasteiger partial charge in [-0.1, -0.05) is 24.6 Å². The zero-order valence-electron chi connectivity index (χ0n) is 13.6. The molecule has 1 fully saturated rings. The molecule has 2 rings (SSSR count). The van der Waals surface area contributed by atoms with Crippen molar-refractivity contribution in [2.45, 2.75) is 31.7 Å². The number of benzene rings is 1. The Morgan fingerprint density at radius 3 is 2.78 bits per heavy atom. The molecule has 0 spiro atoms. The summed E-state index contributed by atoms with van der Waals surface area (Å²) in [5.41, 5.74) is 1.01. The average Bonchev–Trinajstić information content (AvgIpc) is 2.54. The van der Waals surface area contributed by atoms with E-state index in [4.69, 9.17) is 4.74 Å². The summed E-state index contributed by atoms with van der Waals surface area (Å²) in [6.07, 6.45) is 4.05. The van der Waals surface area contributed by atoms with E-state index in [1.165, 1.54) is 4.31 Å². The van der Waals surface area contributed by atoms with Crippen molar-refractivity contribution in [2.75, 3.05) is 26.5 Å². The first-order valence-corrected chi connectivity index (χ1v) is 9.64. The molecule has 1 atom stereocenters. The normalized spacial score (nSPS) is 19.3. The van der Waals surface area contributed by atoms with Gasteiger partial charge in [0.25, 0.3) is 0 Å². The second kappa shape index (κ2) is 7.79. The van der Waals surface area contributed by atoms with Crippen LogP contribution in [0.15, 0.2) is 24.3 Å². The minimum atomic E-state index is -3.36. The first kappa shape index (κ1) is 17.7. The molecule has 1 unspecified atom stereocenters. The predicted octanol–water partition coefficient (Wildman–Crippen LogP) is 1.17. The lowest BCUT2D eigenvalue weighted by atomic mass is 10.0. The fraction of sp³-hybridized carbons (Fsp3) is 0.562. The molecule has 0 radical (unpaired) electrons. The Kier molecular flexibility index (Phi) is 6.01. The van der Waals surface area contributed by atoms with Gasteiger partial charge in [-0.25, -0.2) is 8.42 Å². The summed E-state index contributed by atoms with van der Waals surface area (Å²) in [5.74, 6) is 0.571. The highest BCUT2D eigenvalue weighted by Crippen LogP contribution is 2.20.